The molecular formula is C21H27FN4O3S. The maximum Gasteiger partial charge on any atom is 0.265 e. The molecule has 1 aliphatic heterocycles. The molecule has 1 amide bonds. The SMILES string of the molecule is CN(CC(C)(C)C)C(=O)c1cn2c(nc3cc(F)c(CNCC4OCCO4)cc32)s1. The van der Waals surface area contributed by atoms with Gasteiger partial charge in [-0.3, -0.25) is 9.20 Å². The number of hydrogen-bond donors (Lipinski definition) is 1. The van der Waals surface area contributed by atoms with Gasteiger partial charge in [0.2, 0.25) is 0 Å². The Morgan fingerprint density at radius 1 is 1.37 bits per heavy atom. The summed E-state index contributed by atoms with van der Waals surface area (Å²) in [6, 6.07) is 3.23. The number of benzene rings is 1. The van der Waals surface area contributed by atoms with Crippen LogP contribution in [0.25, 0.3) is 16.0 Å². The average Bonchev–Trinajstić information content (AvgIpc) is 3.36. The van der Waals surface area contributed by atoms with Crippen LogP contribution in [0.15, 0.2) is 18.3 Å². The average molecular weight is 435 g/mol. The second-order valence-electron chi connectivity index (χ2n) is 8.82. The molecule has 1 fully saturated rings. The number of carbonyl (C=O) groups excluding carboxylic acids is 1. The van der Waals surface area contributed by atoms with Crippen molar-refractivity contribution in [2.75, 3.05) is 33.4 Å². The van der Waals surface area contributed by atoms with Crippen LogP contribution in [-0.4, -0.2) is 59.8 Å². The molecule has 3 heterocycles. The number of imidazole rings is 1. The van der Waals surface area contributed by atoms with Gasteiger partial charge in [0.25, 0.3) is 5.91 Å². The van der Waals surface area contributed by atoms with E-state index >= 15 is 0 Å². The van der Waals surface area contributed by atoms with E-state index < -0.39 is 0 Å². The highest BCUT2D eigenvalue weighted by molar-refractivity contribution is 7.18. The molecule has 1 N–H and O–H groups in total. The van der Waals surface area contributed by atoms with E-state index in [1.807, 2.05) is 11.4 Å². The third kappa shape index (κ3) is 4.49. The van der Waals surface area contributed by atoms with Crippen molar-refractivity contribution in [1.29, 1.82) is 0 Å². The maximum atomic E-state index is 14.5. The predicted molar refractivity (Wildman–Crippen MR) is 114 cm³/mol. The molecule has 1 aliphatic rings. The molecule has 1 saturated heterocycles. The molecular weight excluding hydrogens is 407 g/mol. The Hall–Kier alpha value is -2.07. The molecule has 3 aromatic rings. The van der Waals surface area contributed by atoms with Gasteiger partial charge in [0.15, 0.2) is 11.3 Å². The van der Waals surface area contributed by atoms with E-state index in [4.69, 9.17) is 9.47 Å². The van der Waals surface area contributed by atoms with E-state index in [-0.39, 0.29) is 23.4 Å². The third-order valence-electron chi connectivity index (χ3n) is 4.86. The summed E-state index contributed by atoms with van der Waals surface area (Å²) in [5.74, 6) is -0.343. The number of rotatable bonds is 6. The topological polar surface area (TPSA) is 68.1 Å². The molecule has 0 atom stereocenters. The Balaban J connectivity index is 1.55. The summed E-state index contributed by atoms with van der Waals surface area (Å²) in [5, 5.41) is 3.17. The molecule has 0 spiro atoms. The molecule has 0 aliphatic carbocycles. The van der Waals surface area contributed by atoms with Crippen LogP contribution in [0.4, 0.5) is 4.39 Å². The van der Waals surface area contributed by atoms with Gasteiger partial charge in [-0.05, 0) is 11.5 Å². The van der Waals surface area contributed by atoms with Crippen LogP contribution in [-0.2, 0) is 16.0 Å². The van der Waals surface area contributed by atoms with Crippen LogP contribution in [0.3, 0.4) is 0 Å². The van der Waals surface area contributed by atoms with Crippen molar-refractivity contribution < 1.29 is 18.7 Å². The van der Waals surface area contributed by atoms with Gasteiger partial charge in [-0.1, -0.05) is 32.1 Å². The summed E-state index contributed by atoms with van der Waals surface area (Å²) in [6.45, 7) is 8.97. The number of nitrogens with one attached hydrogen (secondary N) is 1. The van der Waals surface area contributed by atoms with Crippen LogP contribution >= 0.6 is 11.3 Å². The zero-order chi connectivity index (χ0) is 21.5. The zero-order valence-electron chi connectivity index (χ0n) is 17.7. The standard InChI is InChI=1S/C21H27FN4O3S/c1-21(2,3)12-25(4)19(27)17-11-26-16-7-13(9-23-10-18-28-5-6-29-18)14(22)8-15(16)24-20(26)30-17/h7-8,11,18,23H,5-6,9-10,12H2,1-4H3. The number of nitrogens with zero attached hydrogens (tertiary/aromatic N) is 3. The Labute approximate surface area is 178 Å². The number of thiazole rings is 1. The van der Waals surface area contributed by atoms with Crippen LogP contribution in [0, 0.1) is 11.2 Å². The Morgan fingerprint density at radius 2 is 2.10 bits per heavy atom. The molecule has 0 radical (unpaired) electrons. The van der Waals surface area contributed by atoms with Gasteiger partial charge in [-0.25, -0.2) is 9.37 Å². The Bertz CT molecular complexity index is 1070. The van der Waals surface area contributed by atoms with Crippen LogP contribution in [0.2, 0.25) is 0 Å². The van der Waals surface area contributed by atoms with Crippen LogP contribution in [0.5, 0.6) is 0 Å². The summed E-state index contributed by atoms with van der Waals surface area (Å²) in [5.41, 5.74) is 1.91. The van der Waals surface area contributed by atoms with Crippen LogP contribution < -0.4 is 5.32 Å². The van der Waals surface area contributed by atoms with E-state index in [2.05, 4.69) is 31.1 Å². The predicted octanol–water partition coefficient (Wildman–Crippen LogP) is 3.27. The fraction of sp³-hybridized carbons (Fsp3) is 0.524. The van der Waals surface area contributed by atoms with E-state index in [0.29, 0.717) is 53.8 Å². The molecule has 4 rings (SSSR count). The van der Waals surface area contributed by atoms with Crippen molar-refractivity contribution in [3.8, 4) is 0 Å². The minimum Gasteiger partial charge on any atom is -0.349 e. The number of fused-ring (bicyclic) bond motifs is 3. The smallest absolute Gasteiger partial charge is 0.265 e. The van der Waals surface area contributed by atoms with Gasteiger partial charge >= 0.3 is 0 Å². The van der Waals surface area contributed by atoms with Gasteiger partial charge < -0.3 is 19.7 Å². The maximum absolute atomic E-state index is 14.5. The number of carbonyl (C=O) groups is 1. The lowest BCUT2D eigenvalue weighted by Crippen LogP contribution is -2.34. The normalized spacial score (nSPS) is 15.5. The first kappa shape index (κ1) is 21.2. The second-order valence-corrected chi connectivity index (χ2v) is 9.83. The lowest BCUT2D eigenvalue weighted by atomic mass is 9.96. The largest absolute Gasteiger partial charge is 0.349 e. The number of halogens is 1. The Kier molecular flexibility index (Phi) is 5.80. The number of ether oxygens (including phenoxy) is 2. The van der Waals surface area contributed by atoms with Crippen molar-refractivity contribution in [2.45, 2.75) is 33.6 Å². The zero-order valence-corrected chi connectivity index (χ0v) is 18.5. The fourth-order valence-electron chi connectivity index (χ4n) is 3.63. The molecule has 0 bridgehead atoms. The minimum absolute atomic E-state index is 0.0164. The van der Waals surface area contributed by atoms with E-state index in [1.54, 1.807) is 17.2 Å². The molecule has 30 heavy (non-hydrogen) atoms. The first-order chi connectivity index (χ1) is 14.2. The number of amides is 1. The number of aromatic nitrogens is 2. The molecule has 9 heteroatoms. The van der Waals surface area contributed by atoms with Crippen molar-refractivity contribution in [1.82, 2.24) is 19.6 Å². The van der Waals surface area contributed by atoms with Gasteiger partial charge in [-0.15, -0.1) is 0 Å². The van der Waals surface area contributed by atoms with E-state index in [0.717, 1.165) is 5.52 Å². The van der Waals surface area contributed by atoms with Crippen molar-refractivity contribution in [3.63, 3.8) is 0 Å². The monoisotopic (exact) mass is 434 g/mol. The molecule has 162 valence electrons. The highest BCUT2D eigenvalue weighted by atomic mass is 32.1. The van der Waals surface area contributed by atoms with Gasteiger partial charge in [0.1, 0.15) is 10.7 Å². The van der Waals surface area contributed by atoms with Gasteiger partial charge in [0.05, 0.1) is 24.2 Å². The highest BCUT2D eigenvalue weighted by Crippen LogP contribution is 2.27. The summed E-state index contributed by atoms with van der Waals surface area (Å²) in [7, 11) is 1.81. The van der Waals surface area contributed by atoms with E-state index in [1.165, 1.54) is 17.4 Å². The lowest BCUT2D eigenvalue weighted by Gasteiger charge is -2.26. The minimum atomic E-state index is -0.310. The van der Waals surface area contributed by atoms with Crippen LogP contribution in [0.1, 0.15) is 36.0 Å². The molecule has 1 aromatic carbocycles. The molecule has 0 unspecified atom stereocenters. The lowest BCUT2D eigenvalue weighted by molar-refractivity contribution is -0.0392. The van der Waals surface area contributed by atoms with Gasteiger partial charge in [0, 0.05) is 44.5 Å². The van der Waals surface area contributed by atoms with Crippen molar-refractivity contribution in [3.05, 3.63) is 34.6 Å². The first-order valence-corrected chi connectivity index (χ1v) is 10.8. The second kappa shape index (κ2) is 8.22. The summed E-state index contributed by atoms with van der Waals surface area (Å²) in [4.78, 5) is 20.3. The fourth-order valence-corrected chi connectivity index (χ4v) is 4.62. The van der Waals surface area contributed by atoms with Crippen molar-refractivity contribution >= 4 is 33.2 Å². The highest BCUT2D eigenvalue weighted by Gasteiger charge is 2.22. The van der Waals surface area contributed by atoms with Gasteiger partial charge in [-0.2, -0.15) is 0 Å². The molecule has 7 nitrogen and oxygen atoms in total. The third-order valence-corrected chi connectivity index (χ3v) is 5.83. The Morgan fingerprint density at radius 3 is 2.80 bits per heavy atom. The number of hydrogen-bond acceptors (Lipinski definition) is 6. The molecule has 0 saturated carbocycles. The molecule has 2 aromatic heterocycles. The summed E-state index contributed by atoms with van der Waals surface area (Å²) >= 11 is 1.32. The quantitative estimate of drug-likeness (QED) is 0.645. The first-order valence-electron chi connectivity index (χ1n) is 10.0. The van der Waals surface area contributed by atoms with E-state index in [9.17, 15) is 9.18 Å². The summed E-state index contributed by atoms with van der Waals surface area (Å²) in [6.07, 6.45) is 1.51. The summed E-state index contributed by atoms with van der Waals surface area (Å²) < 4.78 is 27.2. The van der Waals surface area contributed by atoms with Crippen molar-refractivity contribution in [2.24, 2.45) is 5.41 Å².